The number of nitrogens with one attached hydrogen (secondary N) is 1. The van der Waals surface area contributed by atoms with E-state index in [1.165, 1.54) is 0 Å². The first-order valence-electron chi connectivity index (χ1n) is 4.96. The van der Waals surface area contributed by atoms with Gasteiger partial charge in [-0.15, -0.1) is 0 Å². The molecule has 16 heavy (non-hydrogen) atoms. The average molecular weight is 247 g/mol. The Labute approximate surface area is 98.4 Å². The lowest BCUT2D eigenvalue weighted by molar-refractivity contribution is 0.199. The Morgan fingerprint density at radius 2 is 2.00 bits per heavy atom. The molecular formula is C11H15F2NOS. The lowest BCUT2D eigenvalue weighted by atomic mass is 10.2. The van der Waals surface area contributed by atoms with Crippen molar-refractivity contribution in [3.8, 4) is 0 Å². The number of rotatable bonds is 7. The number of thioether (sulfide) groups is 1. The van der Waals surface area contributed by atoms with E-state index in [9.17, 15) is 8.78 Å². The van der Waals surface area contributed by atoms with Gasteiger partial charge in [-0.3, -0.25) is 0 Å². The van der Waals surface area contributed by atoms with E-state index in [1.54, 1.807) is 19.2 Å². The smallest absolute Gasteiger partial charge is 0.288 e. The van der Waals surface area contributed by atoms with Crippen LogP contribution in [0, 0.1) is 0 Å². The van der Waals surface area contributed by atoms with Crippen LogP contribution in [-0.2, 0) is 11.3 Å². The van der Waals surface area contributed by atoms with Crippen LogP contribution in [-0.4, -0.2) is 26.0 Å². The van der Waals surface area contributed by atoms with Gasteiger partial charge in [0, 0.05) is 25.1 Å². The third kappa shape index (κ3) is 5.44. The van der Waals surface area contributed by atoms with Crippen molar-refractivity contribution < 1.29 is 13.5 Å². The largest absolute Gasteiger partial charge is 0.383 e. The molecule has 90 valence electrons. The second-order valence-electron chi connectivity index (χ2n) is 3.19. The van der Waals surface area contributed by atoms with Crippen molar-refractivity contribution in [3.05, 3.63) is 29.8 Å². The number of hydrogen-bond acceptors (Lipinski definition) is 3. The molecule has 1 aromatic carbocycles. The van der Waals surface area contributed by atoms with Gasteiger partial charge in [0.05, 0.1) is 6.61 Å². The molecule has 0 bridgehead atoms. The highest BCUT2D eigenvalue weighted by molar-refractivity contribution is 7.99. The van der Waals surface area contributed by atoms with E-state index >= 15 is 0 Å². The molecule has 0 fully saturated rings. The monoisotopic (exact) mass is 247 g/mol. The lowest BCUT2D eigenvalue weighted by Crippen LogP contribution is -2.18. The van der Waals surface area contributed by atoms with Crippen LogP contribution >= 0.6 is 11.8 Å². The number of halogens is 2. The van der Waals surface area contributed by atoms with Gasteiger partial charge in [-0.2, -0.15) is 8.78 Å². The van der Waals surface area contributed by atoms with Crippen molar-refractivity contribution in [2.75, 3.05) is 20.3 Å². The van der Waals surface area contributed by atoms with E-state index in [4.69, 9.17) is 4.74 Å². The molecule has 0 radical (unpaired) electrons. The Bertz CT molecular complexity index is 293. The van der Waals surface area contributed by atoms with Gasteiger partial charge in [0.1, 0.15) is 0 Å². The minimum Gasteiger partial charge on any atom is -0.383 e. The zero-order valence-corrected chi connectivity index (χ0v) is 9.90. The third-order valence-electron chi connectivity index (χ3n) is 1.96. The van der Waals surface area contributed by atoms with Crippen molar-refractivity contribution in [1.29, 1.82) is 0 Å². The summed E-state index contributed by atoms with van der Waals surface area (Å²) in [5, 5.41) is 3.18. The zero-order chi connectivity index (χ0) is 11.8. The summed E-state index contributed by atoms with van der Waals surface area (Å²) in [6.45, 7) is 2.17. The maximum Gasteiger partial charge on any atom is 0.288 e. The molecule has 0 heterocycles. The molecule has 0 saturated heterocycles. The Hall–Kier alpha value is -0.650. The van der Waals surface area contributed by atoms with Crippen LogP contribution in [0.1, 0.15) is 5.56 Å². The van der Waals surface area contributed by atoms with Crippen LogP contribution in [0.15, 0.2) is 29.2 Å². The standard InChI is InChI=1S/C11H15F2NOS/c1-15-7-6-14-8-9-2-4-10(5-3-9)16-11(12)13/h2-5,11,14H,6-8H2,1H3. The molecule has 0 aromatic heterocycles. The molecule has 0 atom stereocenters. The highest BCUT2D eigenvalue weighted by Gasteiger charge is 2.04. The van der Waals surface area contributed by atoms with E-state index in [0.717, 1.165) is 18.7 Å². The first-order valence-corrected chi connectivity index (χ1v) is 5.83. The van der Waals surface area contributed by atoms with Gasteiger partial charge in [-0.1, -0.05) is 23.9 Å². The summed E-state index contributed by atoms with van der Waals surface area (Å²) in [5.41, 5.74) is 1.08. The molecule has 1 N–H and O–H groups in total. The van der Waals surface area contributed by atoms with Crippen molar-refractivity contribution in [1.82, 2.24) is 5.32 Å². The van der Waals surface area contributed by atoms with Gasteiger partial charge < -0.3 is 10.1 Å². The molecule has 5 heteroatoms. The second kappa shape index (κ2) is 7.60. The van der Waals surface area contributed by atoms with Gasteiger partial charge in [0.25, 0.3) is 5.76 Å². The molecule has 0 amide bonds. The molecule has 1 rings (SSSR count). The van der Waals surface area contributed by atoms with Gasteiger partial charge >= 0.3 is 0 Å². The number of ether oxygens (including phenoxy) is 1. The van der Waals surface area contributed by atoms with E-state index in [1.807, 2.05) is 12.1 Å². The SMILES string of the molecule is COCCNCc1ccc(SC(F)F)cc1. The quantitative estimate of drug-likeness (QED) is 0.591. The van der Waals surface area contributed by atoms with Crippen LogP contribution in [0.2, 0.25) is 0 Å². The predicted molar refractivity (Wildman–Crippen MR) is 61.9 cm³/mol. The van der Waals surface area contributed by atoms with Crippen LogP contribution in [0.4, 0.5) is 8.78 Å². The maximum atomic E-state index is 12.0. The third-order valence-corrected chi connectivity index (χ3v) is 2.68. The van der Waals surface area contributed by atoms with Crippen molar-refractivity contribution >= 4 is 11.8 Å². The van der Waals surface area contributed by atoms with Crippen LogP contribution in [0.3, 0.4) is 0 Å². The number of methoxy groups -OCH3 is 1. The molecular weight excluding hydrogens is 232 g/mol. The van der Waals surface area contributed by atoms with Crippen molar-refractivity contribution in [2.24, 2.45) is 0 Å². The highest BCUT2D eigenvalue weighted by Crippen LogP contribution is 2.24. The molecule has 2 nitrogen and oxygen atoms in total. The summed E-state index contributed by atoms with van der Waals surface area (Å²) < 4.78 is 29.0. The molecule has 0 unspecified atom stereocenters. The normalized spacial score (nSPS) is 11.0. The van der Waals surface area contributed by atoms with Gasteiger partial charge in [-0.25, -0.2) is 0 Å². The molecule has 0 aliphatic carbocycles. The number of hydrogen-bond donors (Lipinski definition) is 1. The van der Waals surface area contributed by atoms with E-state index in [2.05, 4.69) is 5.32 Å². The van der Waals surface area contributed by atoms with Crippen molar-refractivity contribution in [2.45, 2.75) is 17.2 Å². The van der Waals surface area contributed by atoms with E-state index in [-0.39, 0.29) is 0 Å². The van der Waals surface area contributed by atoms with Crippen LogP contribution in [0.25, 0.3) is 0 Å². The Balaban J connectivity index is 2.33. The zero-order valence-electron chi connectivity index (χ0n) is 9.08. The fourth-order valence-electron chi connectivity index (χ4n) is 1.20. The van der Waals surface area contributed by atoms with E-state index in [0.29, 0.717) is 23.3 Å². The van der Waals surface area contributed by atoms with Crippen LogP contribution < -0.4 is 5.32 Å². The topological polar surface area (TPSA) is 21.3 Å². The first-order chi connectivity index (χ1) is 7.72. The minimum absolute atomic E-state index is 0.565. The Morgan fingerprint density at radius 1 is 1.31 bits per heavy atom. The minimum atomic E-state index is -2.36. The molecule has 0 aliphatic heterocycles. The Morgan fingerprint density at radius 3 is 2.56 bits per heavy atom. The van der Waals surface area contributed by atoms with Gasteiger partial charge in [0.15, 0.2) is 0 Å². The molecule has 1 aromatic rings. The first kappa shape index (κ1) is 13.4. The molecule has 0 saturated carbocycles. The summed E-state index contributed by atoms with van der Waals surface area (Å²) >= 11 is 0.565. The van der Waals surface area contributed by atoms with E-state index < -0.39 is 5.76 Å². The van der Waals surface area contributed by atoms with Crippen molar-refractivity contribution in [3.63, 3.8) is 0 Å². The number of alkyl halides is 2. The Kier molecular flexibility index (Phi) is 6.37. The molecule has 0 spiro atoms. The average Bonchev–Trinajstić information content (AvgIpc) is 2.26. The summed E-state index contributed by atoms with van der Waals surface area (Å²) in [4.78, 5) is 0.593. The van der Waals surface area contributed by atoms with Gasteiger partial charge in [0.2, 0.25) is 0 Å². The summed E-state index contributed by atoms with van der Waals surface area (Å²) in [6, 6.07) is 7.13. The highest BCUT2D eigenvalue weighted by atomic mass is 32.2. The fourth-order valence-corrected chi connectivity index (χ4v) is 1.69. The fraction of sp³-hybridized carbons (Fsp3) is 0.455. The predicted octanol–water partition coefficient (Wildman–Crippen LogP) is 2.74. The summed E-state index contributed by atoms with van der Waals surface area (Å²) in [7, 11) is 1.65. The lowest BCUT2D eigenvalue weighted by Gasteiger charge is -2.05. The summed E-state index contributed by atoms with van der Waals surface area (Å²) in [5.74, 6) is -2.36. The van der Waals surface area contributed by atoms with Gasteiger partial charge in [-0.05, 0) is 17.7 Å². The van der Waals surface area contributed by atoms with Crippen LogP contribution in [0.5, 0.6) is 0 Å². The maximum absolute atomic E-state index is 12.0. The number of benzene rings is 1. The molecule has 0 aliphatic rings. The summed E-state index contributed by atoms with van der Waals surface area (Å²) in [6.07, 6.45) is 0. The second-order valence-corrected chi connectivity index (χ2v) is 4.26.